The molecule has 2 aromatic rings. The lowest BCUT2D eigenvalue weighted by molar-refractivity contribution is -0.00236. The van der Waals surface area contributed by atoms with Crippen LogP contribution in [0.25, 0.3) is 0 Å². The quantitative estimate of drug-likeness (QED) is 0.920. The Morgan fingerprint density at radius 2 is 2.00 bits per heavy atom. The summed E-state index contributed by atoms with van der Waals surface area (Å²) in [5.74, 6) is 0.726. The van der Waals surface area contributed by atoms with Gasteiger partial charge in [0.2, 0.25) is 0 Å². The molecule has 0 aromatic carbocycles. The van der Waals surface area contributed by atoms with Crippen molar-refractivity contribution in [1.82, 2.24) is 14.8 Å². The summed E-state index contributed by atoms with van der Waals surface area (Å²) in [6.07, 6.45) is 9.31. The number of aryl methyl sites for hydroxylation is 2. The summed E-state index contributed by atoms with van der Waals surface area (Å²) >= 11 is 0. The lowest BCUT2D eigenvalue weighted by Crippen LogP contribution is -2.59. The molecule has 3 heterocycles. The predicted octanol–water partition coefficient (Wildman–Crippen LogP) is 2.74. The summed E-state index contributed by atoms with van der Waals surface area (Å²) in [5, 5.41) is 3.22. The highest BCUT2D eigenvalue weighted by atomic mass is 16.3. The van der Waals surface area contributed by atoms with E-state index in [1.807, 2.05) is 41.9 Å². The maximum Gasteiger partial charge on any atom is 0.257 e. The Balaban J connectivity index is 1.37. The van der Waals surface area contributed by atoms with Crippen molar-refractivity contribution >= 4 is 11.8 Å². The smallest absolute Gasteiger partial charge is 0.257 e. The molecule has 1 aliphatic carbocycles. The molecular weight excluding hydrogens is 330 g/mol. The first-order chi connectivity index (χ1) is 12.5. The third kappa shape index (κ3) is 2.83. The highest BCUT2D eigenvalue weighted by Gasteiger charge is 2.49. The lowest BCUT2D eigenvalue weighted by Gasteiger charge is -2.54. The van der Waals surface area contributed by atoms with Crippen LogP contribution in [-0.4, -0.2) is 40.4 Å². The number of likely N-dealkylation sites (tertiary alicyclic amines) is 1. The Morgan fingerprint density at radius 3 is 2.54 bits per heavy atom. The minimum Gasteiger partial charge on any atom is -0.469 e. The van der Waals surface area contributed by atoms with Gasteiger partial charge in [-0.15, -0.1) is 0 Å². The molecule has 6 nitrogen and oxygen atoms in total. The molecule has 1 spiro atoms. The molecule has 2 amide bonds. The summed E-state index contributed by atoms with van der Waals surface area (Å²) in [5.41, 5.74) is 1.51. The van der Waals surface area contributed by atoms with Crippen molar-refractivity contribution < 1.29 is 14.0 Å². The number of piperidine rings is 1. The van der Waals surface area contributed by atoms with E-state index in [-0.39, 0.29) is 23.3 Å². The third-order valence-corrected chi connectivity index (χ3v) is 6.21. The van der Waals surface area contributed by atoms with E-state index in [1.54, 1.807) is 12.3 Å². The van der Waals surface area contributed by atoms with Gasteiger partial charge in [-0.25, -0.2) is 0 Å². The Hall–Kier alpha value is -2.50. The fourth-order valence-corrected chi connectivity index (χ4v) is 4.33. The molecule has 1 saturated carbocycles. The number of carbonyl (C=O) groups is 2. The van der Waals surface area contributed by atoms with Crippen molar-refractivity contribution in [1.29, 1.82) is 0 Å². The molecular formula is C20H25N3O3. The second kappa shape index (κ2) is 6.34. The molecule has 1 unspecified atom stereocenters. The predicted molar refractivity (Wildman–Crippen MR) is 96.9 cm³/mol. The van der Waals surface area contributed by atoms with Crippen LogP contribution in [-0.2, 0) is 7.05 Å². The van der Waals surface area contributed by atoms with Crippen molar-refractivity contribution in [3.8, 4) is 0 Å². The summed E-state index contributed by atoms with van der Waals surface area (Å²) < 4.78 is 7.14. The monoisotopic (exact) mass is 355 g/mol. The maximum absolute atomic E-state index is 12.6. The first-order valence-electron chi connectivity index (χ1n) is 9.25. The topological polar surface area (TPSA) is 67.5 Å². The summed E-state index contributed by atoms with van der Waals surface area (Å²) in [6, 6.07) is 3.80. The molecule has 2 aliphatic rings. The van der Waals surface area contributed by atoms with Crippen LogP contribution in [0.1, 0.15) is 52.2 Å². The minimum absolute atomic E-state index is 0.00204. The molecule has 1 atom stereocenters. The number of aromatic nitrogens is 1. The molecule has 6 heteroatoms. The summed E-state index contributed by atoms with van der Waals surface area (Å²) in [6.45, 7) is 3.29. The van der Waals surface area contributed by atoms with Crippen molar-refractivity contribution in [2.45, 2.75) is 38.6 Å². The van der Waals surface area contributed by atoms with Gasteiger partial charge in [-0.1, -0.05) is 0 Å². The van der Waals surface area contributed by atoms with E-state index >= 15 is 0 Å². The van der Waals surface area contributed by atoms with Crippen LogP contribution in [0.4, 0.5) is 0 Å². The van der Waals surface area contributed by atoms with Gasteiger partial charge in [0.1, 0.15) is 5.76 Å². The van der Waals surface area contributed by atoms with Gasteiger partial charge < -0.3 is 19.2 Å². The Bertz CT molecular complexity index is 827. The van der Waals surface area contributed by atoms with E-state index < -0.39 is 0 Å². The molecule has 26 heavy (non-hydrogen) atoms. The summed E-state index contributed by atoms with van der Waals surface area (Å²) in [4.78, 5) is 27.0. The van der Waals surface area contributed by atoms with E-state index in [2.05, 4.69) is 5.32 Å². The standard InChI is InChI=1S/C20H25N3O3/c1-14-16(5-12-26-14)19(25)23-10-7-20(8-11-23)6-3-17(20)21-18(24)15-4-9-22(2)13-15/h4-5,9,12-13,17H,3,6-8,10-11H2,1-2H3,(H,21,24). The van der Waals surface area contributed by atoms with Crippen LogP contribution in [0.5, 0.6) is 0 Å². The normalized spacial score (nSPS) is 21.5. The lowest BCUT2D eigenvalue weighted by atomic mass is 9.59. The minimum atomic E-state index is 0.00204. The second-order valence-electron chi connectivity index (χ2n) is 7.68. The number of furan rings is 1. The van der Waals surface area contributed by atoms with Crippen molar-refractivity contribution in [3.05, 3.63) is 47.7 Å². The molecule has 2 fully saturated rings. The van der Waals surface area contributed by atoms with Crippen molar-refractivity contribution in [2.75, 3.05) is 13.1 Å². The average molecular weight is 355 g/mol. The number of rotatable bonds is 3. The van der Waals surface area contributed by atoms with Crippen LogP contribution in [0.2, 0.25) is 0 Å². The van der Waals surface area contributed by atoms with E-state index in [0.29, 0.717) is 16.9 Å². The average Bonchev–Trinajstić information content (AvgIpc) is 3.26. The maximum atomic E-state index is 12.6. The fourth-order valence-electron chi connectivity index (χ4n) is 4.33. The van der Waals surface area contributed by atoms with E-state index in [4.69, 9.17) is 4.42 Å². The van der Waals surface area contributed by atoms with E-state index in [0.717, 1.165) is 38.8 Å². The van der Waals surface area contributed by atoms with Gasteiger partial charge in [-0.3, -0.25) is 9.59 Å². The fraction of sp³-hybridized carbons (Fsp3) is 0.500. The van der Waals surface area contributed by atoms with Gasteiger partial charge in [0.15, 0.2) is 0 Å². The van der Waals surface area contributed by atoms with Crippen LogP contribution in [0.3, 0.4) is 0 Å². The number of hydrogen-bond donors (Lipinski definition) is 1. The van der Waals surface area contributed by atoms with Gasteiger partial charge in [-0.05, 0) is 50.2 Å². The zero-order valence-electron chi connectivity index (χ0n) is 15.3. The molecule has 4 rings (SSSR count). The number of nitrogens with zero attached hydrogens (tertiary/aromatic N) is 2. The Labute approximate surface area is 153 Å². The molecule has 1 N–H and O–H groups in total. The molecule has 1 saturated heterocycles. The molecule has 0 radical (unpaired) electrons. The Morgan fingerprint density at radius 1 is 1.23 bits per heavy atom. The number of amides is 2. The van der Waals surface area contributed by atoms with E-state index in [9.17, 15) is 9.59 Å². The Kier molecular flexibility index (Phi) is 4.13. The van der Waals surface area contributed by atoms with Gasteiger partial charge in [0, 0.05) is 38.6 Å². The highest BCUT2D eigenvalue weighted by molar-refractivity contribution is 5.95. The largest absolute Gasteiger partial charge is 0.469 e. The SMILES string of the molecule is Cc1occc1C(=O)N1CCC2(CCC2NC(=O)c2ccn(C)c2)CC1. The molecule has 0 bridgehead atoms. The number of carbonyl (C=O) groups excluding carboxylic acids is 2. The zero-order valence-corrected chi connectivity index (χ0v) is 15.3. The van der Waals surface area contributed by atoms with Crippen LogP contribution < -0.4 is 5.32 Å². The third-order valence-electron chi connectivity index (χ3n) is 6.21. The van der Waals surface area contributed by atoms with Gasteiger partial charge in [-0.2, -0.15) is 0 Å². The van der Waals surface area contributed by atoms with Gasteiger partial charge in [0.05, 0.1) is 17.4 Å². The van der Waals surface area contributed by atoms with Gasteiger partial charge in [0.25, 0.3) is 11.8 Å². The first kappa shape index (κ1) is 16.9. The second-order valence-corrected chi connectivity index (χ2v) is 7.68. The molecule has 2 aromatic heterocycles. The number of hydrogen-bond acceptors (Lipinski definition) is 3. The van der Waals surface area contributed by atoms with Gasteiger partial charge >= 0.3 is 0 Å². The van der Waals surface area contributed by atoms with Crippen LogP contribution in [0.15, 0.2) is 35.2 Å². The first-order valence-corrected chi connectivity index (χ1v) is 9.25. The van der Waals surface area contributed by atoms with E-state index in [1.165, 1.54) is 0 Å². The number of nitrogens with one attached hydrogen (secondary N) is 1. The molecule has 1 aliphatic heterocycles. The van der Waals surface area contributed by atoms with Crippen LogP contribution >= 0.6 is 0 Å². The zero-order chi connectivity index (χ0) is 18.3. The molecule has 138 valence electrons. The summed E-state index contributed by atoms with van der Waals surface area (Å²) in [7, 11) is 1.91. The van der Waals surface area contributed by atoms with Crippen molar-refractivity contribution in [3.63, 3.8) is 0 Å². The highest BCUT2D eigenvalue weighted by Crippen LogP contribution is 2.49. The van der Waals surface area contributed by atoms with Crippen molar-refractivity contribution in [2.24, 2.45) is 12.5 Å². The van der Waals surface area contributed by atoms with Crippen LogP contribution in [0, 0.1) is 12.3 Å².